The number of nitrogen functional groups attached to an aromatic ring is 1. The van der Waals surface area contributed by atoms with Gasteiger partial charge in [0.15, 0.2) is 5.82 Å². The van der Waals surface area contributed by atoms with E-state index < -0.39 is 17.6 Å². The van der Waals surface area contributed by atoms with Gasteiger partial charge in [-0.2, -0.15) is 13.2 Å². The van der Waals surface area contributed by atoms with Crippen LogP contribution in [0.15, 0.2) is 30.6 Å². The number of rotatable bonds is 7. The molecule has 0 aromatic carbocycles. The van der Waals surface area contributed by atoms with Crippen molar-refractivity contribution in [2.24, 2.45) is 0 Å². The zero-order chi connectivity index (χ0) is 21.9. The van der Waals surface area contributed by atoms with Gasteiger partial charge in [-0.15, -0.1) is 0 Å². The number of fused-ring (bicyclic) bond motifs is 1. The van der Waals surface area contributed by atoms with Gasteiger partial charge in [-0.1, -0.05) is 6.92 Å². The Hall–Kier alpha value is -3.14. The molecule has 3 aromatic heterocycles. The van der Waals surface area contributed by atoms with Crippen LogP contribution in [0.5, 0.6) is 0 Å². The number of hydrogen-bond acceptors (Lipinski definition) is 5. The lowest BCUT2D eigenvalue weighted by molar-refractivity contribution is -0.137. The van der Waals surface area contributed by atoms with Gasteiger partial charge in [0.2, 0.25) is 5.91 Å². The number of carbonyl (C=O) groups excluding carboxylic acids is 1. The maximum atomic E-state index is 13.2. The van der Waals surface area contributed by atoms with E-state index in [1.54, 1.807) is 22.7 Å². The molecule has 0 aliphatic heterocycles. The van der Waals surface area contributed by atoms with Crippen molar-refractivity contribution in [3.8, 4) is 11.1 Å². The highest BCUT2D eigenvalue weighted by Crippen LogP contribution is 2.35. The average molecular weight is 420 g/mol. The topological polar surface area (TPSA) is 97.3 Å². The van der Waals surface area contributed by atoms with E-state index >= 15 is 0 Å². The van der Waals surface area contributed by atoms with Crippen molar-refractivity contribution >= 4 is 23.2 Å². The van der Waals surface area contributed by atoms with Crippen LogP contribution < -0.4 is 16.4 Å². The molecule has 30 heavy (non-hydrogen) atoms. The largest absolute Gasteiger partial charge is 0.419 e. The molecule has 4 N–H and O–H groups in total. The number of imidazole rings is 1. The van der Waals surface area contributed by atoms with Crippen molar-refractivity contribution in [1.82, 2.24) is 19.7 Å². The van der Waals surface area contributed by atoms with Crippen LogP contribution in [-0.4, -0.2) is 33.4 Å². The second-order valence-corrected chi connectivity index (χ2v) is 6.85. The zero-order valence-corrected chi connectivity index (χ0v) is 16.7. The van der Waals surface area contributed by atoms with Crippen LogP contribution in [0.4, 0.5) is 24.8 Å². The summed E-state index contributed by atoms with van der Waals surface area (Å²) in [7, 11) is 0. The van der Waals surface area contributed by atoms with Gasteiger partial charge in [-0.05, 0) is 44.1 Å². The number of nitrogens with zero attached hydrogens (tertiary/aromatic N) is 3. The van der Waals surface area contributed by atoms with E-state index in [9.17, 15) is 18.0 Å². The first-order valence-corrected chi connectivity index (χ1v) is 9.53. The molecule has 0 fully saturated rings. The molecule has 0 aliphatic carbocycles. The fourth-order valence-corrected chi connectivity index (χ4v) is 3.19. The number of alkyl halides is 3. The lowest BCUT2D eigenvalue weighted by Gasteiger charge is -2.12. The SMILES string of the molecule is CCNCCCc1c(NC(C)=O)nc2ccc(-c3cnc(N)c(C(F)(F)F)c3)cn12. The van der Waals surface area contributed by atoms with Gasteiger partial charge in [0.05, 0.1) is 11.3 Å². The highest BCUT2D eigenvalue weighted by Gasteiger charge is 2.34. The lowest BCUT2D eigenvalue weighted by atomic mass is 10.1. The van der Waals surface area contributed by atoms with Crippen molar-refractivity contribution in [3.05, 3.63) is 41.9 Å². The van der Waals surface area contributed by atoms with Crippen LogP contribution in [0.1, 0.15) is 31.5 Å². The van der Waals surface area contributed by atoms with Crippen molar-refractivity contribution in [3.63, 3.8) is 0 Å². The molecule has 7 nitrogen and oxygen atoms in total. The van der Waals surface area contributed by atoms with Gasteiger partial charge in [0.1, 0.15) is 11.5 Å². The first-order valence-electron chi connectivity index (χ1n) is 9.53. The minimum atomic E-state index is -4.60. The van der Waals surface area contributed by atoms with E-state index in [-0.39, 0.29) is 11.5 Å². The predicted octanol–water partition coefficient (Wildman–Crippen LogP) is 3.50. The van der Waals surface area contributed by atoms with Gasteiger partial charge < -0.3 is 20.8 Å². The standard InChI is InChI=1S/C20H23F3N6O/c1-3-25-8-4-5-16-19(27-12(2)30)28-17-7-6-13(11-29(16)17)14-9-15(20(21,22)23)18(24)26-10-14/h6-7,9-11,25H,3-5,8H2,1-2H3,(H2,24,26)(H,27,30). The minimum absolute atomic E-state index is 0.246. The van der Waals surface area contributed by atoms with Gasteiger partial charge in [-0.25, -0.2) is 9.97 Å². The minimum Gasteiger partial charge on any atom is -0.383 e. The molecule has 0 atom stereocenters. The van der Waals surface area contributed by atoms with E-state index in [1.165, 1.54) is 13.1 Å². The number of aryl methyl sites for hydroxylation is 1. The third-order valence-electron chi connectivity index (χ3n) is 4.59. The summed E-state index contributed by atoms with van der Waals surface area (Å²) in [5.41, 5.74) is 6.60. The van der Waals surface area contributed by atoms with Crippen LogP contribution in [0.3, 0.4) is 0 Å². The highest BCUT2D eigenvalue weighted by molar-refractivity contribution is 5.88. The van der Waals surface area contributed by atoms with Gasteiger partial charge in [0.25, 0.3) is 0 Å². The Bertz CT molecular complexity index is 1060. The van der Waals surface area contributed by atoms with Crippen LogP contribution in [0.2, 0.25) is 0 Å². The Morgan fingerprint density at radius 2 is 2.03 bits per heavy atom. The number of aromatic nitrogens is 3. The van der Waals surface area contributed by atoms with Crippen molar-refractivity contribution in [2.45, 2.75) is 32.9 Å². The number of anilines is 2. The molecule has 3 rings (SSSR count). The first-order chi connectivity index (χ1) is 14.2. The van der Waals surface area contributed by atoms with E-state index in [4.69, 9.17) is 5.73 Å². The van der Waals surface area contributed by atoms with E-state index in [2.05, 4.69) is 20.6 Å². The number of carbonyl (C=O) groups is 1. The quantitative estimate of drug-likeness (QED) is 0.509. The molecule has 0 saturated heterocycles. The molecule has 3 aromatic rings. The molecule has 0 spiro atoms. The molecule has 0 unspecified atom stereocenters. The lowest BCUT2D eigenvalue weighted by Crippen LogP contribution is -2.15. The number of nitrogens with one attached hydrogen (secondary N) is 2. The summed E-state index contributed by atoms with van der Waals surface area (Å²) in [6, 6.07) is 4.34. The monoisotopic (exact) mass is 420 g/mol. The van der Waals surface area contributed by atoms with Gasteiger partial charge in [-0.3, -0.25) is 4.79 Å². The molecule has 160 valence electrons. The van der Waals surface area contributed by atoms with Crippen LogP contribution >= 0.6 is 0 Å². The maximum absolute atomic E-state index is 13.2. The van der Waals surface area contributed by atoms with E-state index in [0.29, 0.717) is 23.4 Å². The fourth-order valence-electron chi connectivity index (χ4n) is 3.19. The smallest absolute Gasteiger partial charge is 0.383 e. The third kappa shape index (κ3) is 4.70. The first kappa shape index (κ1) is 21.6. The molecule has 0 radical (unpaired) electrons. The molecular formula is C20H23F3N6O. The van der Waals surface area contributed by atoms with Crippen LogP contribution in [0, 0.1) is 0 Å². The summed E-state index contributed by atoms with van der Waals surface area (Å²) in [6.45, 7) is 5.05. The number of pyridine rings is 2. The molecular weight excluding hydrogens is 397 g/mol. The highest BCUT2D eigenvalue weighted by atomic mass is 19.4. The Morgan fingerprint density at radius 3 is 2.70 bits per heavy atom. The van der Waals surface area contributed by atoms with Crippen molar-refractivity contribution < 1.29 is 18.0 Å². The summed E-state index contributed by atoms with van der Waals surface area (Å²) in [5, 5.41) is 5.97. The van der Waals surface area contributed by atoms with E-state index in [1.807, 2.05) is 6.92 Å². The third-order valence-corrected chi connectivity index (χ3v) is 4.59. The number of nitrogens with two attached hydrogens (primary N) is 1. The van der Waals surface area contributed by atoms with E-state index in [0.717, 1.165) is 31.3 Å². The average Bonchev–Trinajstić information content (AvgIpc) is 3.00. The molecule has 1 amide bonds. The van der Waals surface area contributed by atoms with Gasteiger partial charge >= 0.3 is 6.18 Å². The second kappa shape index (κ2) is 8.70. The summed E-state index contributed by atoms with van der Waals surface area (Å²) >= 11 is 0. The Balaban J connectivity index is 2.05. The Labute approximate surface area is 171 Å². The molecule has 0 aliphatic rings. The summed E-state index contributed by atoms with van der Waals surface area (Å²) in [4.78, 5) is 19.7. The van der Waals surface area contributed by atoms with Crippen molar-refractivity contribution in [2.75, 3.05) is 24.1 Å². The normalized spacial score (nSPS) is 11.8. The van der Waals surface area contributed by atoms with Crippen LogP contribution in [-0.2, 0) is 17.4 Å². The maximum Gasteiger partial charge on any atom is 0.419 e. The van der Waals surface area contributed by atoms with Gasteiger partial charge in [0, 0.05) is 30.4 Å². The number of halogens is 3. The number of hydrogen-bond donors (Lipinski definition) is 3. The molecule has 0 saturated carbocycles. The Morgan fingerprint density at radius 1 is 1.27 bits per heavy atom. The summed E-state index contributed by atoms with van der Waals surface area (Å²) in [6.07, 6.45) is -0.158. The summed E-state index contributed by atoms with van der Waals surface area (Å²) in [5.74, 6) is -0.362. The Kier molecular flexibility index (Phi) is 6.25. The zero-order valence-electron chi connectivity index (χ0n) is 16.7. The second-order valence-electron chi connectivity index (χ2n) is 6.85. The fraction of sp³-hybridized carbons (Fsp3) is 0.350. The molecule has 0 bridgehead atoms. The van der Waals surface area contributed by atoms with Crippen LogP contribution in [0.25, 0.3) is 16.8 Å². The number of amides is 1. The van der Waals surface area contributed by atoms with Crippen molar-refractivity contribution in [1.29, 1.82) is 0 Å². The predicted molar refractivity (Wildman–Crippen MR) is 109 cm³/mol. The molecule has 3 heterocycles. The summed E-state index contributed by atoms with van der Waals surface area (Å²) < 4.78 is 41.4. The molecule has 10 heteroatoms.